The summed E-state index contributed by atoms with van der Waals surface area (Å²) < 4.78 is 10.9. The Bertz CT molecular complexity index is 781. The molecule has 0 bridgehead atoms. The van der Waals surface area contributed by atoms with Crippen LogP contribution < -0.4 is 9.47 Å². The van der Waals surface area contributed by atoms with Crippen LogP contribution in [-0.4, -0.2) is 57.8 Å². The quantitative estimate of drug-likeness (QED) is 0.772. The first-order chi connectivity index (χ1) is 13.0. The fourth-order valence-corrected chi connectivity index (χ4v) is 3.60. The van der Waals surface area contributed by atoms with Crippen LogP contribution in [0.15, 0.2) is 18.2 Å². The standard InChI is InChI=1S/C19H27N5O3/c1-5-27-17-9-15(6-7-16(17)26-4)19-20-22-24(21-19)12-18(25)23-10-13(2)8-14(3)11-23/h6-7,9,13-14H,5,8,10-12H2,1-4H3/t13-,14-/m1/s1. The topological polar surface area (TPSA) is 82.4 Å². The molecule has 1 aliphatic heterocycles. The Balaban J connectivity index is 1.71. The van der Waals surface area contributed by atoms with Crippen molar-refractivity contribution in [2.75, 3.05) is 26.8 Å². The lowest BCUT2D eigenvalue weighted by Gasteiger charge is -2.34. The molecule has 0 saturated carbocycles. The Kier molecular flexibility index (Phi) is 5.93. The van der Waals surface area contributed by atoms with Crippen molar-refractivity contribution in [2.24, 2.45) is 11.8 Å². The second-order valence-electron chi connectivity index (χ2n) is 7.19. The Morgan fingerprint density at radius 1 is 1.22 bits per heavy atom. The number of hydrogen-bond acceptors (Lipinski definition) is 6. The molecule has 1 fully saturated rings. The van der Waals surface area contributed by atoms with Gasteiger partial charge in [0.1, 0.15) is 6.54 Å². The summed E-state index contributed by atoms with van der Waals surface area (Å²) in [6, 6.07) is 5.47. The third-order valence-electron chi connectivity index (χ3n) is 4.67. The predicted octanol–water partition coefficient (Wildman–Crippen LogP) is 2.25. The minimum Gasteiger partial charge on any atom is -0.493 e. The van der Waals surface area contributed by atoms with E-state index >= 15 is 0 Å². The molecule has 1 aliphatic rings. The van der Waals surface area contributed by atoms with E-state index in [0.717, 1.165) is 25.1 Å². The van der Waals surface area contributed by atoms with Crippen LogP contribution in [-0.2, 0) is 11.3 Å². The summed E-state index contributed by atoms with van der Waals surface area (Å²) >= 11 is 0. The van der Waals surface area contributed by atoms with Crippen molar-refractivity contribution in [3.05, 3.63) is 18.2 Å². The lowest BCUT2D eigenvalue weighted by molar-refractivity contribution is -0.135. The molecule has 8 heteroatoms. The largest absolute Gasteiger partial charge is 0.493 e. The average molecular weight is 373 g/mol. The minimum absolute atomic E-state index is 0.0297. The monoisotopic (exact) mass is 373 g/mol. The molecule has 0 unspecified atom stereocenters. The Morgan fingerprint density at radius 2 is 1.96 bits per heavy atom. The van der Waals surface area contributed by atoms with E-state index in [9.17, 15) is 4.79 Å². The molecule has 27 heavy (non-hydrogen) atoms. The Hall–Kier alpha value is -2.64. The van der Waals surface area contributed by atoms with Gasteiger partial charge in [0.05, 0.1) is 13.7 Å². The fourth-order valence-electron chi connectivity index (χ4n) is 3.60. The number of likely N-dealkylation sites (tertiary alicyclic amines) is 1. The van der Waals surface area contributed by atoms with Crippen LogP contribution >= 0.6 is 0 Å². The van der Waals surface area contributed by atoms with Gasteiger partial charge in [-0.25, -0.2) is 0 Å². The number of amides is 1. The number of methoxy groups -OCH3 is 1. The molecule has 146 valence electrons. The molecule has 1 saturated heterocycles. The van der Waals surface area contributed by atoms with Gasteiger partial charge in [-0.2, -0.15) is 4.80 Å². The first-order valence-corrected chi connectivity index (χ1v) is 9.37. The van der Waals surface area contributed by atoms with Gasteiger partial charge in [-0.3, -0.25) is 4.79 Å². The molecule has 3 rings (SSSR count). The second kappa shape index (κ2) is 8.37. The van der Waals surface area contributed by atoms with Crippen molar-refractivity contribution < 1.29 is 14.3 Å². The normalized spacial score (nSPS) is 19.8. The van der Waals surface area contributed by atoms with E-state index < -0.39 is 0 Å². The summed E-state index contributed by atoms with van der Waals surface area (Å²) in [5.74, 6) is 2.80. The highest BCUT2D eigenvalue weighted by Crippen LogP contribution is 2.31. The smallest absolute Gasteiger partial charge is 0.246 e. The Labute approximate surface area is 159 Å². The number of aromatic nitrogens is 4. The van der Waals surface area contributed by atoms with Gasteiger partial charge in [0, 0.05) is 18.7 Å². The molecule has 1 aromatic heterocycles. The molecule has 1 aromatic carbocycles. The van der Waals surface area contributed by atoms with Crippen LogP contribution in [0.5, 0.6) is 11.5 Å². The maximum atomic E-state index is 12.6. The molecule has 2 atom stereocenters. The molecule has 0 aliphatic carbocycles. The van der Waals surface area contributed by atoms with Gasteiger partial charge in [0.15, 0.2) is 11.5 Å². The maximum absolute atomic E-state index is 12.6. The first-order valence-electron chi connectivity index (χ1n) is 9.37. The number of rotatable bonds is 6. The molecular weight excluding hydrogens is 346 g/mol. The molecule has 2 heterocycles. The first kappa shape index (κ1) is 19.1. The van der Waals surface area contributed by atoms with E-state index in [0.29, 0.717) is 35.8 Å². The van der Waals surface area contributed by atoms with E-state index in [1.807, 2.05) is 30.0 Å². The third-order valence-corrected chi connectivity index (χ3v) is 4.67. The van der Waals surface area contributed by atoms with E-state index in [-0.39, 0.29) is 12.5 Å². The zero-order valence-electron chi connectivity index (χ0n) is 16.4. The second-order valence-corrected chi connectivity index (χ2v) is 7.19. The number of tetrazole rings is 1. The number of carbonyl (C=O) groups is 1. The van der Waals surface area contributed by atoms with Crippen LogP contribution in [0.25, 0.3) is 11.4 Å². The summed E-state index contributed by atoms with van der Waals surface area (Å²) in [7, 11) is 1.60. The molecule has 1 amide bonds. The van der Waals surface area contributed by atoms with Crippen LogP contribution in [0, 0.1) is 11.8 Å². The summed E-state index contributed by atoms with van der Waals surface area (Å²) in [4.78, 5) is 15.8. The van der Waals surface area contributed by atoms with Crippen molar-refractivity contribution in [2.45, 2.75) is 33.7 Å². The van der Waals surface area contributed by atoms with Gasteiger partial charge in [0.2, 0.25) is 11.7 Å². The molecule has 0 spiro atoms. The molecule has 0 N–H and O–H groups in total. The van der Waals surface area contributed by atoms with E-state index in [4.69, 9.17) is 9.47 Å². The van der Waals surface area contributed by atoms with Gasteiger partial charge in [0.25, 0.3) is 0 Å². The predicted molar refractivity (Wildman–Crippen MR) is 100 cm³/mol. The highest BCUT2D eigenvalue weighted by Gasteiger charge is 2.26. The average Bonchev–Trinajstić information content (AvgIpc) is 3.09. The van der Waals surface area contributed by atoms with Crippen molar-refractivity contribution in [3.8, 4) is 22.9 Å². The maximum Gasteiger partial charge on any atom is 0.246 e. The molecule has 2 aromatic rings. The lowest BCUT2D eigenvalue weighted by atomic mass is 9.92. The van der Waals surface area contributed by atoms with Crippen LogP contribution in [0.2, 0.25) is 0 Å². The highest BCUT2D eigenvalue weighted by molar-refractivity contribution is 5.76. The molecule has 8 nitrogen and oxygen atoms in total. The van der Waals surface area contributed by atoms with Crippen molar-refractivity contribution >= 4 is 5.91 Å². The van der Waals surface area contributed by atoms with Gasteiger partial charge in [-0.15, -0.1) is 10.2 Å². The summed E-state index contributed by atoms with van der Waals surface area (Å²) in [5.41, 5.74) is 0.762. The number of piperidine rings is 1. The highest BCUT2D eigenvalue weighted by atomic mass is 16.5. The zero-order valence-corrected chi connectivity index (χ0v) is 16.4. The number of nitrogens with zero attached hydrogens (tertiary/aromatic N) is 5. The van der Waals surface area contributed by atoms with Gasteiger partial charge < -0.3 is 14.4 Å². The number of hydrogen-bond donors (Lipinski definition) is 0. The number of carbonyl (C=O) groups excluding carboxylic acids is 1. The van der Waals surface area contributed by atoms with Crippen LogP contribution in [0.1, 0.15) is 27.2 Å². The zero-order chi connectivity index (χ0) is 19.4. The van der Waals surface area contributed by atoms with Crippen molar-refractivity contribution in [1.82, 2.24) is 25.1 Å². The molecule has 0 radical (unpaired) electrons. The van der Waals surface area contributed by atoms with Gasteiger partial charge >= 0.3 is 0 Å². The summed E-state index contributed by atoms with van der Waals surface area (Å²) in [6.45, 7) is 8.49. The minimum atomic E-state index is 0.0297. The third kappa shape index (κ3) is 4.56. The van der Waals surface area contributed by atoms with Crippen LogP contribution in [0.3, 0.4) is 0 Å². The SMILES string of the molecule is CCOc1cc(-c2nnn(CC(=O)N3C[C@H](C)C[C@@H](C)C3)n2)ccc1OC. The van der Waals surface area contributed by atoms with Crippen molar-refractivity contribution in [3.63, 3.8) is 0 Å². The van der Waals surface area contributed by atoms with Gasteiger partial charge in [-0.05, 0) is 48.6 Å². The van der Waals surface area contributed by atoms with E-state index in [1.165, 1.54) is 4.80 Å². The summed E-state index contributed by atoms with van der Waals surface area (Å²) in [5, 5.41) is 12.5. The van der Waals surface area contributed by atoms with Gasteiger partial charge in [-0.1, -0.05) is 13.8 Å². The molecular formula is C19H27N5O3. The van der Waals surface area contributed by atoms with E-state index in [2.05, 4.69) is 29.3 Å². The Morgan fingerprint density at radius 3 is 2.63 bits per heavy atom. The van der Waals surface area contributed by atoms with Crippen LogP contribution in [0.4, 0.5) is 0 Å². The lowest BCUT2D eigenvalue weighted by Crippen LogP contribution is -2.44. The number of benzene rings is 1. The summed E-state index contributed by atoms with van der Waals surface area (Å²) in [6.07, 6.45) is 1.16. The van der Waals surface area contributed by atoms with E-state index in [1.54, 1.807) is 7.11 Å². The van der Waals surface area contributed by atoms with Crippen molar-refractivity contribution in [1.29, 1.82) is 0 Å². The fraction of sp³-hybridized carbons (Fsp3) is 0.579. The number of ether oxygens (including phenoxy) is 2.